The van der Waals surface area contributed by atoms with Gasteiger partial charge in [-0.05, 0) is 24.3 Å². The van der Waals surface area contributed by atoms with Crippen LogP contribution in [0.15, 0.2) is 46.4 Å². The van der Waals surface area contributed by atoms with Crippen molar-refractivity contribution < 1.29 is 22.1 Å². The number of sulfonamides is 1. The molecule has 11 heteroatoms. The molecule has 0 aliphatic rings. The van der Waals surface area contributed by atoms with E-state index in [1.165, 1.54) is 18.2 Å². The molecule has 0 fully saturated rings. The molecule has 0 radical (unpaired) electrons. The van der Waals surface area contributed by atoms with Crippen LogP contribution in [0.4, 0.5) is 20.2 Å². The molecule has 2 aromatic rings. The van der Waals surface area contributed by atoms with Gasteiger partial charge in [0.05, 0.1) is 21.6 Å². The molecule has 2 rings (SSSR count). The summed E-state index contributed by atoms with van der Waals surface area (Å²) in [5.41, 5.74) is 1.23. The molecule has 0 unspecified atom stereocenters. The van der Waals surface area contributed by atoms with Crippen LogP contribution < -0.4 is 5.43 Å². The van der Waals surface area contributed by atoms with E-state index < -0.39 is 37.8 Å². The number of benzene rings is 2. The highest BCUT2D eigenvalue weighted by Gasteiger charge is 2.25. The van der Waals surface area contributed by atoms with Crippen molar-refractivity contribution in [2.45, 2.75) is 18.7 Å². The van der Waals surface area contributed by atoms with Gasteiger partial charge in [0.2, 0.25) is 10.0 Å². The van der Waals surface area contributed by atoms with Crippen LogP contribution in [0.5, 0.6) is 0 Å². The van der Waals surface area contributed by atoms with Gasteiger partial charge in [-0.25, -0.2) is 17.2 Å². The van der Waals surface area contributed by atoms with E-state index in [1.54, 1.807) is 13.8 Å². The van der Waals surface area contributed by atoms with Crippen LogP contribution in [0.25, 0.3) is 0 Å². The van der Waals surface area contributed by atoms with Crippen molar-refractivity contribution in [1.29, 1.82) is 0 Å². The van der Waals surface area contributed by atoms with Crippen LogP contribution in [0, 0.1) is 21.7 Å². The van der Waals surface area contributed by atoms with E-state index in [0.29, 0.717) is 0 Å². The Morgan fingerprint density at radius 1 is 1.18 bits per heavy atom. The molecule has 28 heavy (non-hydrogen) atoms. The lowest BCUT2D eigenvalue weighted by molar-refractivity contribution is -0.384. The Labute approximate surface area is 160 Å². The van der Waals surface area contributed by atoms with Crippen LogP contribution in [-0.2, 0) is 10.0 Å². The maximum atomic E-state index is 13.6. The van der Waals surface area contributed by atoms with Gasteiger partial charge in [0.25, 0.3) is 5.69 Å². The summed E-state index contributed by atoms with van der Waals surface area (Å²) in [6.45, 7) is 3.74. The second-order valence-corrected chi connectivity index (χ2v) is 7.47. The Balaban J connectivity index is 2.36. The molecule has 2 aromatic carbocycles. The Kier molecular flexibility index (Phi) is 6.75. The van der Waals surface area contributed by atoms with Crippen LogP contribution in [-0.4, -0.2) is 37.0 Å². The molecule has 150 valence electrons. The van der Waals surface area contributed by atoms with Crippen LogP contribution >= 0.6 is 0 Å². The van der Waals surface area contributed by atoms with Gasteiger partial charge in [0.1, 0.15) is 17.3 Å². The van der Waals surface area contributed by atoms with Gasteiger partial charge in [0.15, 0.2) is 0 Å². The molecule has 0 saturated heterocycles. The van der Waals surface area contributed by atoms with Gasteiger partial charge in [0, 0.05) is 19.2 Å². The third kappa shape index (κ3) is 4.49. The number of nitro groups is 1. The molecular formula is C17H18F2N4O4S. The summed E-state index contributed by atoms with van der Waals surface area (Å²) in [7, 11) is -3.89. The van der Waals surface area contributed by atoms with Gasteiger partial charge in [-0.2, -0.15) is 9.41 Å². The zero-order valence-electron chi connectivity index (χ0n) is 15.1. The van der Waals surface area contributed by atoms with Gasteiger partial charge in [-0.1, -0.05) is 19.9 Å². The van der Waals surface area contributed by atoms with Gasteiger partial charge in [-0.3, -0.25) is 15.5 Å². The Morgan fingerprint density at radius 3 is 2.32 bits per heavy atom. The quantitative estimate of drug-likeness (QED) is 0.407. The predicted molar refractivity (Wildman–Crippen MR) is 101 cm³/mol. The number of hydrogen-bond donors (Lipinski definition) is 1. The molecule has 0 spiro atoms. The molecule has 0 aromatic heterocycles. The fourth-order valence-electron chi connectivity index (χ4n) is 2.43. The summed E-state index contributed by atoms with van der Waals surface area (Å²) >= 11 is 0. The van der Waals surface area contributed by atoms with Crippen molar-refractivity contribution in [2.75, 3.05) is 18.5 Å². The molecule has 0 amide bonds. The number of anilines is 1. The first-order valence-electron chi connectivity index (χ1n) is 8.24. The molecule has 8 nitrogen and oxygen atoms in total. The molecule has 1 N–H and O–H groups in total. The van der Waals surface area contributed by atoms with Crippen molar-refractivity contribution >= 4 is 27.6 Å². The number of hydrazone groups is 1. The average molecular weight is 412 g/mol. The maximum Gasteiger partial charge on any atom is 0.295 e. The molecule has 0 heterocycles. The number of rotatable bonds is 8. The first-order chi connectivity index (χ1) is 13.2. The summed E-state index contributed by atoms with van der Waals surface area (Å²) in [6, 6.07) is 6.55. The zero-order chi connectivity index (χ0) is 20.9. The van der Waals surface area contributed by atoms with E-state index >= 15 is 0 Å². The lowest BCUT2D eigenvalue weighted by atomic mass is 10.2. The number of nitrogens with one attached hydrogen (secondary N) is 1. The van der Waals surface area contributed by atoms with E-state index in [1.807, 2.05) is 0 Å². The summed E-state index contributed by atoms with van der Waals surface area (Å²) in [6.07, 6.45) is 0.842. The summed E-state index contributed by atoms with van der Waals surface area (Å²) < 4.78 is 53.4. The largest absolute Gasteiger partial charge is 0.295 e. The molecule has 0 saturated carbocycles. The number of nitrogens with zero attached hydrogens (tertiary/aromatic N) is 3. The van der Waals surface area contributed by atoms with Crippen molar-refractivity contribution in [2.24, 2.45) is 5.10 Å². The third-order valence-corrected chi connectivity index (χ3v) is 5.93. The molecule has 0 bridgehead atoms. The summed E-state index contributed by atoms with van der Waals surface area (Å²) in [4.78, 5) is 10.3. The molecule has 0 atom stereocenters. The highest BCUT2D eigenvalue weighted by Crippen LogP contribution is 2.29. The van der Waals surface area contributed by atoms with Crippen molar-refractivity contribution in [3.05, 3.63) is 63.7 Å². The van der Waals surface area contributed by atoms with Crippen LogP contribution in [0.2, 0.25) is 0 Å². The van der Waals surface area contributed by atoms with E-state index in [2.05, 4.69) is 10.5 Å². The lowest BCUT2D eigenvalue weighted by Gasteiger charge is -2.18. The predicted octanol–water partition coefficient (Wildman–Crippen LogP) is 3.35. The van der Waals surface area contributed by atoms with E-state index in [9.17, 15) is 27.3 Å². The van der Waals surface area contributed by atoms with Gasteiger partial charge in [-0.15, -0.1) is 0 Å². The minimum absolute atomic E-state index is 0.128. The van der Waals surface area contributed by atoms with Crippen molar-refractivity contribution in [3.8, 4) is 0 Å². The monoisotopic (exact) mass is 412 g/mol. The Bertz CT molecular complexity index is 988. The number of nitro benzene ring substituents is 1. The second-order valence-electron chi connectivity index (χ2n) is 5.53. The SMILES string of the molecule is CCN(CC)S(=O)(=O)c1ccc(N/N=C\c2c(F)cccc2F)c([N+](=O)[O-])c1. The average Bonchev–Trinajstić information content (AvgIpc) is 2.64. The van der Waals surface area contributed by atoms with Gasteiger partial charge >= 0.3 is 0 Å². The van der Waals surface area contributed by atoms with Gasteiger partial charge < -0.3 is 0 Å². The first-order valence-corrected chi connectivity index (χ1v) is 9.68. The second kappa shape index (κ2) is 8.85. The highest BCUT2D eigenvalue weighted by molar-refractivity contribution is 7.89. The molecule has 0 aliphatic heterocycles. The summed E-state index contributed by atoms with van der Waals surface area (Å²) in [5.74, 6) is -1.69. The van der Waals surface area contributed by atoms with E-state index in [-0.39, 0.29) is 23.7 Å². The fourth-order valence-corrected chi connectivity index (χ4v) is 3.91. The first kappa shape index (κ1) is 21.4. The topological polar surface area (TPSA) is 105 Å². The van der Waals surface area contributed by atoms with E-state index in [0.717, 1.165) is 28.7 Å². The Hall–Kier alpha value is -2.92. The van der Waals surface area contributed by atoms with Crippen molar-refractivity contribution in [3.63, 3.8) is 0 Å². The zero-order valence-corrected chi connectivity index (χ0v) is 15.9. The number of hydrogen-bond acceptors (Lipinski definition) is 6. The lowest BCUT2D eigenvalue weighted by Crippen LogP contribution is -2.30. The van der Waals surface area contributed by atoms with Crippen LogP contribution in [0.1, 0.15) is 19.4 Å². The van der Waals surface area contributed by atoms with E-state index in [4.69, 9.17) is 0 Å². The summed E-state index contributed by atoms with van der Waals surface area (Å²) in [5, 5.41) is 15.0. The highest BCUT2D eigenvalue weighted by atomic mass is 32.2. The number of halogens is 2. The minimum atomic E-state index is -3.89. The normalized spacial score (nSPS) is 11.9. The smallest absolute Gasteiger partial charge is 0.272 e. The maximum absolute atomic E-state index is 13.6. The minimum Gasteiger partial charge on any atom is -0.272 e. The van der Waals surface area contributed by atoms with Crippen molar-refractivity contribution in [1.82, 2.24) is 4.31 Å². The fraction of sp³-hybridized carbons (Fsp3) is 0.235. The van der Waals surface area contributed by atoms with Crippen LogP contribution in [0.3, 0.4) is 0 Å². The Morgan fingerprint density at radius 2 is 1.79 bits per heavy atom. The molecule has 0 aliphatic carbocycles. The molecular weight excluding hydrogens is 394 g/mol. The third-order valence-electron chi connectivity index (χ3n) is 3.89. The standard InChI is InChI=1S/C17H18F2N4O4S/c1-3-22(4-2)28(26,27)12-8-9-16(17(10-12)23(24)25)21-20-11-13-14(18)6-5-7-15(13)19/h5-11,21H,3-4H2,1-2H3/b20-11-.